The van der Waals surface area contributed by atoms with Crippen molar-refractivity contribution in [1.29, 1.82) is 0 Å². The van der Waals surface area contributed by atoms with Crippen molar-refractivity contribution in [1.82, 2.24) is 5.32 Å². The van der Waals surface area contributed by atoms with E-state index in [0.29, 0.717) is 0 Å². The van der Waals surface area contributed by atoms with Crippen molar-refractivity contribution in [2.24, 2.45) is 0 Å². The van der Waals surface area contributed by atoms with Gasteiger partial charge in [0, 0.05) is 11.8 Å². The SMILES string of the molecule is Cc1cccc(CCNC2CCCSC2)c1. The Morgan fingerprint density at radius 1 is 1.44 bits per heavy atom. The van der Waals surface area contributed by atoms with Crippen molar-refractivity contribution in [2.75, 3.05) is 18.1 Å². The molecule has 0 saturated carbocycles. The van der Waals surface area contributed by atoms with Crippen LogP contribution in [0.3, 0.4) is 0 Å². The Morgan fingerprint density at radius 3 is 3.12 bits per heavy atom. The zero-order valence-electron chi connectivity index (χ0n) is 10.0. The third-order valence-electron chi connectivity index (χ3n) is 3.09. The topological polar surface area (TPSA) is 12.0 Å². The molecule has 2 rings (SSSR count). The van der Waals surface area contributed by atoms with Crippen molar-refractivity contribution < 1.29 is 0 Å². The molecule has 0 aliphatic carbocycles. The van der Waals surface area contributed by atoms with E-state index in [9.17, 15) is 0 Å². The van der Waals surface area contributed by atoms with E-state index in [4.69, 9.17) is 0 Å². The first-order valence-corrected chi connectivity index (χ1v) is 7.37. The smallest absolute Gasteiger partial charge is 0.0158 e. The highest BCUT2D eigenvalue weighted by molar-refractivity contribution is 7.99. The Labute approximate surface area is 103 Å². The molecule has 1 heterocycles. The van der Waals surface area contributed by atoms with Crippen molar-refractivity contribution in [3.05, 3.63) is 35.4 Å². The maximum Gasteiger partial charge on any atom is 0.0158 e. The molecule has 1 fully saturated rings. The third kappa shape index (κ3) is 3.84. The first kappa shape index (κ1) is 12.0. The zero-order valence-corrected chi connectivity index (χ0v) is 10.9. The average molecular weight is 235 g/mol. The van der Waals surface area contributed by atoms with Gasteiger partial charge in [-0.15, -0.1) is 0 Å². The van der Waals surface area contributed by atoms with Gasteiger partial charge in [0.1, 0.15) is 0 Å². The summed E-state index contributed by atoms with van der Waals surface area (Å²) in [6.45, 7) is 3.28. The molecule has 0 aromatic heterocycles. The summed E-state index contributed by atoms with van der Waals surface area (Å²) < 4.78 is 0. The van der Waals surface area contributed by atoms with Crippen LogP contribution in [0.1, 0.15) is 24.0 Å². The quantitative estimate of drug-likeness (QED) is 0.861. The van der Waals surface area contributed by atoms with Gasteiger partial charge in [0.2, 0.25) is 0 Å². The summed E-state index contributed by atoms with van der Waals surface area (Å²) in [6, 6.07) is 9.58. The van der Waals surface area contributed by atoms with Crippen LogP contribution in [0.15, 0.2) is 24.3 Å². The molecule has 1 aliphatic rings. The summed E-state index contributed by atoms with van der Waals surface area (Å²) in [6.07, 6.45) is 3.90. The van der Waals surface area contributed by atoms with Gasteiger partial charge in [-0.25, -0.2) is 0 Å². The summed E-state index contributed by atoms with van der Waals surface area (Å²) >= 11 is 2.09. The van der Waals surface area contributed by atoms with E-state index in [1.54, 1.807) is 0 Å². The summed E-state index contributed by atoms with van der Waals surface area (Å²) in [5.74, 6) is 2.66. The Hall–Kier alpha value is -0.470. The fraction of sp³-hybridized carbons (Fsp3) is 0.571. The molecular weight excluding hydrogens is 214 g/mol. The van der Waals surface area contributed by atoms with Gasteiger partial charge < -0.3 is 5.32 Å². The van der Waals surface area contributed by atoms with Crippen LogP contribution >= 0.6 is 11.8 Å². The number of rotatable bonds is 4. The molecule has 2 heteroatoms. The average Bonchev–Trinajstić information content (AvgIpc) is 2.30. The van der Waals surface area contributed by atoms with Gasteiger partial charge in [-0.3, -0.25) is 0 Å². The number of nitrogens with one attached hydrogen (secondary N) is 1. The summed E-state index contributed by atoms with van der Waals surface area (Å²) in [4.78, 5) is 0. The standard InChI is InChI=1S/C14H21NS/c1-12-4-2-5-13(10-12)7-8-15-14-6-3-9-16-11-14/h2,4-5,10,14-15H,3,6-9,11H2,1H3. The van der Waals surface area contributed by atoms with Crippen LogP contribution < -0.4 is 5.32 Å². The number of benzene rings is 1. The third-order valence-corrected chi connectivity index (χ3v) is 4.30. The minimum Gasteiger partial charge on any atom is -0.313 e. The Bertz CT molecular complexity index is 318. The predicted octanol–water partition coefficient (Wildman–Crippen LogP) is 3.02. The van der Waals surface area contributed by atoms with Crippen LogP contribution in [-0.2, 0) is 6.42 Å². The second-order valence-corrected chi connectivity index (χ2v) is 5.76. The Morgan fingerprint density at radius 2 is 2.38 bits per heavy atom. The molecule has 1 atom stereocenters. The van der Waals surface area contributed by atoms with E-state index in [0.717, 1.165) is 19.0 Å². The van der Waals surface area contributed by atoms with Crippen LogP contribution in [0, 0.1) is 6.92 Å². The van der Waals surface area contributed by atoms with Crippen molar-refractivity contribution in [3.63, 3.8) is 0 Å². The Kier molecular flexibility index (Phi) is 4.73. The fourth-order valence-corrected chi connectivity index (χ4v) is 3.30. The molecule has 1 nitrogen and oxygen atoms in total. The molecule has 0 spiro atoms. The minimum atomic E-state index is 0.753. The molecule has 16 heavy (non-hydrogen) atoms. The highest BCUT2D eigenvalue weighted by Gasteiger charge is 2.12. The number of hydrogen-bond donors (Lipinski definition) is 1. The number of aryl methyl sites for hydroxylation is 1. The normalized spacial score (nSPS) is 20.9. The summed E-state index contributed by atoms with van der Waals surface area (Å²) in [5.41, 5.74) is 2.82. The first-order chi connectivity index (χ1) is 7.84. The zero-order chi connectivity index (χ0) is 11.2. The van der Waals surface area contributed by atoms with Gasteiger partial charge in [-0.2, -0.15) is 11.8 Å². The lowest BCUT2D eigenvalue weighted by Gasteiger charge is -2.22. The lowest BCUT2D eigenvalue weighted by molar-refractivity contribution is 0.511. The van der Waals surface area contributed by atoms with E-state index in [1.165, 1.54) is 35.5 Å². The molecule has 1 aromatic carbocycles. The summed E-state index contributed by atoms with van der Waals surface area (Å²) in [7, 11) is 0. The maximum absolute atomic E-state index is 3.67. The van der Waals surface area contributed by atoms with E-state index < -0.39 is 0 Å². The molecule has 1 saturated heterocycles. The second-order valence-electron chi connectivity index (χ2n) is 4.61. The Balaban J connectivity index is 1.71. The number of hydrogen-bond acceptors (Lipinski definition) is 2. The lowest BCUT2D eigenvalue weighted by atomic mass is 10.1. The monoisotopic (exact) mass is 235 g/mol. The molecule has 1 aromatic rings. The van der Waals surface area contributed by atoms with Crippen LogP contribution in [-0.4, -0.2) is 24.1 Å². The van der Waals surface area contributed by atoms with Crippen LogP contribution in [0.5, 0.6) is 0 Å². The van der Waals surface area contributed by atoms with E-state index in [1.807, 2.05) is 0 Å². The molecule has 1 N–H and O–H groups in total. The van der Waals surface area contributed by atoms with E-state index in [-0.39, 0.29) is 0 Å². The number of thioether (sulfide) groups is 1. The van der Waals surface area contributed by atoms with Crippen LogP contribution in [0.2, 0.25) is 0 Å². The molecule has 0 bridgehead atoms. The van der Waals surface area contributed by atoms with Crippen LogP contribution in [0.4, 0.5) is 0 Å². The highest BCUT2D eigenvalue weighted by atomic mass is 32.2. The van der Waals surface area contributed by atoms with Gasteiger partial charge in [-0.05, 0) is 44.0 Å². The molecule has 0 amide bonds. The molecule has 0 radical (unpaired) electrons. The van der Waals surface area contributed by atoms with Gasteiger partial charge in [-0.1, -0.05) is 29.8 Å². The minimum absolute atomic E-state index is 0.753. The maximum atomic E-state index is 3.67. The molecular formula is C14H21NS. The van der Waals surface area contributed by atoms with Gasteiger partial charge in [0.05, 0.1) is 0 Å². The van der Waals surface area contributed by atoms with Crippen molar-refractivity contribution >= 4 is 11.8 Å². The largest absolute Gasteiger partial charge is 0.313 e. The predicted molar refractivity (Wildman–Crippen MR) is 73.2 cm³/mol. The van der Waals surface area contributed by atoms with Crippen molar-refractivity contribution in [3.8, 4) is 0 Å². The van der Waals surface area contributed by atoms with Gasteiger partial charge in [0.25, 0.3) is 0 Å². The fourth-order valence-electron chi connectivity index (χ4n) is 2.19. The molecule has 1 unspecified atom stereocenters. The molecule has 1 aliphatic heterocycles. The second kappa shape index (κ2) is 6.31. The van der Waals surface area contributed by atoms with Gasteiger partial charge >= 0.3 is 0 Å². The van der Waals surface area contributed by atoms with Crippen LogP contribution in [0.25, 0.3) is 0 Å². The lowest BCUT2D eigenvalue weighted by Crippen LogP contribution is -2.35. The van der Waals surface area contributed by atoms with Gasteiger partial charge in [0.15, 0.2) is 0 Å². The highest BCUT2D eigenvalue weighted by Crippen LogP contribution is 2.16. The van der Waals surface area contributed by atoms with E-state index in [2.05, 4.69) is 48.3 Å². The first-order valence-electron chi connectivity index (χ1n) is 6.21. The summed E-state index contributed by atoms with van der Waals surface area (Å²) in [5, 5.41) is 3.67. The van der Waals surface area contributed by atoms with E-state index >= 15 is 0 Å². The van der Waals surface area contributed by atoms with Crippen molar-refractivity contribution in [2.45, 2.75) is 32.2 Å². The molecule has 88 valence electrons.